The summed E-state index contributed by atoms with van der Waals surface area (Å²) in [6, 6.07) is 10.7. The Kier molecular flexibility index (Phi) is 2.85. The molecule has 0 amide bonds. The topological polar surface area (TPSA) is 65.0 Å². The van der Waals surface area contributed by atoms with E-state index in [2.05, 4.69) is 16.4 Å². The highest BCUT2D eigenvalue weighted by Gasteiger charge is 2.12. The smallest absolute Gasteiger partial charge is 0.129 e. The van der Waals surface area contributed by atoms with Gasteiger partial charge in [-0.25, -0.2) is 4.98 Å². The Morgan fingerprint density at radius 3 is 2.67 bits per heavy atom. The molecule has 2 heterocycles. The predicted octanol–water partition coefficient (Wildman–Crippen LogP) is 1.95. The van der Waals surface area contributed by atoms with Crippen molar-refractivity contribution in [3.05, 3.63) is 42.0 Å². The molecular weight excluding hydrogens is 248 g/mol. The minimum absolute atomic E-state index is 0.290. The van der Waals surface area contributed by atoms with Gasteiger partial charge in [0, 0.05) is 17.0 Å². The Morgan fingerprint density at radius 1 is 1.17 bits per heavy atom. The van der Waals surface area contributed by atoms with Crippen LogP contribution in [0.1, 0.15) is 5.56 Å². The number of nitrogens with zero attached hydrogens (tertiary/aromatic N) is 1. The van der Waals surface area contributed by atoms with Gasteiger partial charge in [0.15, 0.2) is 0 Å². The summed E-state index contributed by atoms with van der Waals surface area (Å²) in [6.07, 6.45) is 1.01. The van der Waals surface area contributed by atoms with Crippen molar-refractivity contribution in [1.29, 1.82) is 0 Å². The van der Waals surface area contributed by atoms with Gasteiger partial charge in [-0.1, -0.05) is 18.2 Å². The van der Waals surface area contributed by atoms with E-state index in [9.17, 15) is 8.76 Å². The van der Waals surface area contributed by atoms with Gasteiger partial charge in [-0.2, -0.15) is 0 Å². The zero-order valence-electron chi connectivity index (χ0n) is 9.55. The van der Waals surface area contributed by atoms with Crippen LogP contribution in [0.25, 0.3) is 11.3 Å². The monoisotopic (exact) mass is 259 g/mol. The molecule has 4 nitrogen and oxygen atoms in total. The van der Waals surface area contributed by atoms with Crippen LogP contribution in [0.3, 0.4) is 0 Å². The molecule has 1 N–H and O–H groups in total. The maximum Gasteiger partial charge on any atom is 0.129 e. The summed E-state index contributed by atoms with van der Waals surface area (Å²) in [5.74, 6) is 0.934. The van der Waals surface area contributed by atoms with Crippen LogP contribution in [-0.4, -0.2) is 20.3 Å². The van der Waals surface area contributed by atoms with Crippen LogP contribution in [-0.2, 0) is 17.5 Å². The summed E-state index contributed by atoms with van der Waals surface area (Å²) in [6.45, 7) is 0.930. The van der Waals surface area contributed by atoms with Gasteiger partial charge in [-0.15, -0.1) is 0 Å². The van der Waals surface area contributed by atoms with Crippen molar-refractivity contribution in [2.75, 3.05) is 11.9 Å². The molecular formula is C13H11N2O2S-. The molecule has 1 unspecified atom stereocenters. The minimum atomic E-state index is -2.18. The molecule has 0 saturated carbocycles. The van der Waals surface area contributed by atoms with Crippen LogP contribution in [0.5, 0.6) is 0 Å². The number of hydrogen-bond donors (Lipinski definition) is 1. The standard InChI is InChI=1S/C13H12N2O2S/c16-18(17)11-4-1-9(2-5-11)12-6-3-10-7-8-14-13(10)15-12/h1-6H,7-8H2,(H,14,15)(H,16,17)/p-1. The summed E-state index contributed by atoms with van der Waals surface area (Å²) in [5.41, 5.74) is 3.00. The maximum atomic E-state index is 10.8. The molecule has 0 bridgehead atoms. The molecule has 1 aliphatic rings. The average molecular weight is 259 g/mol. The molecule has 0 radical (unpaired) electrons. The molecule has 92 valence electrons. The predicted molar refractivity (Wildman–Crippen MR) is 69.1 cm³/mol. The van der Waals surface area contributed by atoms with Crippen molar-refractivity contribution in [1.82, 2.24) is 4.98 Å². The fourth-order valence-electron chi connectivity index (χ4n) is 2.06. The van der Waals surface area contributed by atoms with E-state index in [1.54, 1.807) is 24.3 Å². The van der Waals surface area contributed by atoms with E-state index in [1.807, 2.05) is 6.07 Å². The third-order valence-electron chi connectivity index (χ3n) is 3.01. The lowest BCUT2D eigenvalue weighted by atomic mass is 10.1. The summed E-state index contributed by atoms with van der Waals surface area (Å²) >= 11 is -2.18. The minimum Gasteiger partial charge on any atom is -0.768 e. The normalized spacial score (nSPS) is 14.9. The first-order chi connectivity index (χ1) is 8.74. The summed E-state index contributed by atoms with van der Waals surface area (Å²) in [5, 5.41) is 3.23. The number of benzene rings is 1. The molecule has 5 heteroatoms. The molecule has 0 fully saturated rings. The van der Waals surface area contributed by atoms with Crippen molar-refractivity contribution in [2.45, 2.75) is 11.3 Å². The Labute approximate surface area is 107 Å². The lowest BCUT2D eigenvalue weighted by Crippen LogP contribution is -1.94. The maximum absolute atomic E-state index is 10.8. The number of rotatable bonds is 2. The number of fused-ring (bicyclic) bond motifs is 1. The largest absolute Gasteiger partial charge is 0.768 e. The third-order valence-corrected chi connectivity index (χ3v) is 3.67. The Hall–Kier alpha value is -1.72. The molecule has 1 aromatic heterocycles. The summed E-state index contributed by atoms with van der Waals surface area (Å²) in [4.78, 5) is 4.82. The van der Waals surface area contributed by atoms with Gasteiger partial charge in [0.1, 0.15) is 5.82 Å². The van der Waals surface area contributed by atoms with Gasteiger partial charge in [-0.3, -0.25) is 4.21 Å². The van der Waals surface area contributed by atoms with Gasteiger partial charge in [0.25, 0.3) is 0 Å². The van der Waals surface area contributed by atoms with Gasteiger partial charge >= 0.3 is 0 Å². The van der Waals surface area contributed by atoms with E-state index in [0.29, 0.717) is 0 Å². The lowest BCUT2D eigenvalue weighted by molar-refractivity contribution is 0.537. The SMILES string of the molecule is O=S([O-])c1ccc(-c2ccc3c(n2)NCC3)cc1. The number of aromatic nitrogens is 1. The van der Waals surface area contributed by atoms with E-state index in [4.69, 9.17) is 0 Å². The highest BCUT2D eigenvalue weighted by atomic mass is 32.2. The van der Waals surface area contributed by atoms with Crippen molar-refractivity contribution < 1.29 is 8.76 Å². The van der Waals surface area contributed by atoms with Crippen molar-refractivity contribution in [3.8, 4) is 11.3 Å². The van der Waals surface area contributed by atoms with Crippen LogP contribution < -0.4 is 5.32 Å². The quantitative estimate of drug-likeness (QED) is 0.837. The molecule has 0 spiro atoms. The van der Waals surface area contributed by atoms with E-state index in [-0.39, 0.29) is 4.90 Å². The second-order valence-electron chi connectivity index (χ2n) is 4.14. The lowest BCUT2D eigenvalue weighted by Gasteiger charge is -2.07. The first-order valence-electron chi connectivity index (χ1n) is 5.67. The van der Waals surface area contributed by atoms with Crippen LogP contribution in [0, 0.1) is 0 Å². The Balaban J connectivity index is 1.97. The van der Waals surface area contributed by atoms with Crippen LogP contribution in [0.2, 0.25) is 0 Å². The fourth-order valence-corrected chi connectivity index (χ4v) is 2.41. The van der Waals surface area contributed by atoms with Crippen molar-refractivity contribution in [3.63, 3.8) is 0 Å². The fraction of sp³-hybridized carbons (Fsp3) is 0.154. The van der Waals surface area contributed by atoms with Crippen LogP contribution in [0.4, 0.5) is 5.82 Å². The molecule has 1 aromatic carbocycles. The molecule has 3 rings (SSSR count). The first-order valence-corrected chi connectivity index (χ1v) is 6.75. The van der Waals surface area contributed by atoms with Crippen molar-refractivity contribution >= 4 is 16.9 Å². The highest BCUT2D eigenvalue weighted by molar-refractivity contribution is 7.79. The second kappa shape index (κ2) is 4.51. The first kappa shape index (κ1) is 11.4. The van der Waals surface area contributed by atoms with E-state index >= 15 is 0 Å². The van der Waals surface area contributed by atoms with Crippen LogP contribution >= 0.6 is 0 Å². The summed E-state index contributed by atoms with van der Waals surface area (Å²) < 4.78 is 21.6. The molecule has 0 aliphatic carbocycles. The van der Waals surface area contributed by atoms with E-state index in [0.717, 1.165) is 30.0 Å². The van der Waals surface area contributed by atoms with Gasteiger partial charge in [-0.05, 0) is 41.3 Å². The van der Waals surface area contributed by atoms with Crippen LogP contribution in [0.15, 0.2) is 41.3 Å². The zero-order chi connectivity index (χ0) is 12.5. The Bertz CT molecular complexity index is 611. The Morgan fingerprint density at radius 2 is 1.94 bits per heavy atom. The molecule has 1 aliphatic heterocycles. The number of pyridine rings is 1. The van der Waals surface area contributed by atoms with Crippen molar-refractivity contribution in [2.24, 2.45) is 0 Å². The number of anilines is 1. The third kappa shape index (κ3) is 2.02. The van der Waals surface area contributed by atoms with Gasteiger partial charge in [0.05, 0.1) is 5.69 Å². The molecule has 2 aromatic rings. The molecule has 0 saturated heterocycles. The second-order valence-corrected chi connectivity index (χ2v) is 5.08. The molecule has 18 heavy (non-hydrogen) atoms. The average Bonchev–Trinajstić information content (AvgIpc) is 2.86. The number of hydrogen-bond acceptors (Lipinski definition) is 4. The summed E-state index contributed by atoms with van der Waals surface area (Å²) in [7, 11) is 0. The van der Waals surface area contributed by atoms with E-state index in [1.165, 1.54) is 5.56 Å². The van der Waals surface area contributed by atoms with E-state index < -0.39 is 11.1 Å². The molecule has 1 atom stereocenters. The zero-order valence-corrected chi connectivity index (χ0v) is 10.4. The highest BCUT2D eigenvalue weighted by Crippen LogP contribution is 2.25. The van der Waals surface area contributed by atoms with Gasteiger partial charge < -0.3 is 9.87 Å². The van der Waals surface area contributed by atoms with Gasteiger partial charge in [0.2, 0.25) is 0 Å². The number of nitrogens with one attached hydrogen (secondary N) is 1.